The molecule has 0 unspecified atom stereocenters. The SMILES string of the molecule is COC(=O)C1=N[C@@H](c2ccc(Br)cc2)[C@H](C(F)(F)F)NN1.COC(=O)C1=N[C@H](c2ccc(Br)cc2)[C@@H](C(F)(F)F)NN1. The first kappa shape index (κ1) is 33.3. The molecule has 2 aliphatic rings. The molecule has 2 aliphatic heterocycles. The van der Waals surface area contributed by atoms with Crippen LogP contribution in [0.25, 0.3) is 0 Å². The molecule has 0 radical (unpaired) electrons. The summed E-state index contributed by atoms with van der Waals surface area (Å²) in [7, 11) is 2.24. The largest absolute Gasteiger partial charge is 0.463 e. The van der Waals surface area contributed by atoms with Gasteiger partial charge in [-0.3, -0.25) is 20.8 Å². The van der Waals surface area contributed by atoms with E-state index in [1.165, 1.54) is 24.3 Å². The van der Waals surface area contributed by atoms with E-state index in [-0.39, 0.29) is 11.7 Å². The Labute approximate surface area is 251 Å². The number of carbonyl (C=O) groups excluding carboxylic acids is 2. The van der Waals surface area contributed by atoms with E-state index in [1.807, 2.05) is 0 Å². The number of aliphatic imine (C=N–C) groups is 2. The third kappa shape index (κ3) is 8.42. The minimum absolute atomic E-state index is 0.300. The van der Waals surface area contributed by atoms with Crippen molar-refractivity contribution in [2.24, 2.45) is 9.98 Å². The second-order valence-electron chi connectivity index (χ2n) is 8.51. The van der Waals surface area contributed by atoms with Gasteiger partial charge < -0.3 is 9.47 Å². The Morgan fingerprint density at radius 2 is 0.976 bits per heavy atom. The number of alkyl halides is 6. The van der Waals surface area contributed by atoms with Crippen molar-refractivity contribution in [3.8, 4) is 0 Å². The van der Waals surface area contributed by atoms with Gasteiger partial charge in [0.25, 0.3) is 0 Å². The molecule has 10 nitrogen and oxygen atoms in total. The molecule has 2 aromatic carbocycles. The Morgan fingerprint density at radius 1 is 0.667 bits per heavy atom. The van der Waals surface area contributed by atoms with Crippen LogP contribution in [0.15, 0.2) is 67.5 Å². The van der Waals surface area contributed by atoms with Crippen molar-refractivity contribution in [1.82, 2.24) is 21.7 Å². The highest BCUT2D eigenvalue weighted by atomic mass is 79.9. The van der Waals surface area contributed by atoms with E-state index in [0.29, 0.717) is 11.1 Å². The number of hydrogen-bond acceptors (Lipinski definition) is 10. The van der Waals surface area contributed by atoms with Gasteiger partial charge in [-0.15, -0.1) is 0 Å². The zero-order valence-electron chi connectivity index (χ0n) is 21.5. The van der Waals surface area contributed by atoms with Gasteiger partial charge in [0, 0.05) is 8.95 Å². The molecule has 0 amide bonds. The lowest BCUT2D eigenvalue weighted by atomic mass is 9.99. The summed E-state index contributed by atoms with van der Waals surface area (Å²) in [6.07, 6.45) is -9.06. The first-order valence-electron chi connectivity index (χ1n) is 11.6. The number of methoxy groups -OCH3 is 2. The van der Waals surface area contributed by atoms with Crippen LogP contribution in [0.5, 0.6) is 0 Å². The fourth-order valence-electron chi connectivity index (χ4n) is 3.72. The molecular weight excluding hydrogens is 710 g/mol. The Hall–Kier alpha value is -3.22. The van der Waals surface area contributed by atoms with Crippen LogP contribution in [0.3, 0.4) is 0 Å². The number of benzene rings is 2. The highest BCUT2D eigenvalue weighted by Gasteiger charge is 2.49. The van der Waals surface area contributed by atoms with E-state index in [1.54, 1.807) is 24.3 Å². The molecule has 18 heteroatoms. The molecule has 228 valence electrons. The summed E-state index contributed by atoms with van der Waals surface area (Å²) in [5.41, 5.74) is 9.07. The van der Waals surface area contributed by atoms with Gasteiger partial charge in [0.15, 0.2) is 0 Å². The van der Waals surface area contributed by atoms with Crippen LogP contribution >= 0.6 is 31.9 Å². The smallest absolute Gasteiger partial charge is 0.408 e. The van der Waals surface area contributed by atoms with Crippen molar-refractivity contribution in [3.05, 3.63) is 68.6 Å². The molecule has 2 heterocycles. The van der Waals surface area contributed by atoms with Crippen molar-refractivity contribution < 1.29 is 45.4 Å². The van der Waals surface area contributed by atoms with Gasteiger partial charge in [0.05, 0.1) is 14.2 Å². The molecule has 0 fully saturated rings. The third-order valence-corrected chi connectivity index (χ3v) is 6.80. The molecule has 0 spiro atoms. The standard InChI is InChI=1S/2C12H11BrF3N3O2/c2*1-21-11(20)10-17-8(6-2-4-7(13)5-3-6)9(18-19-10)12(14,15)16/h2*2-5,8-9,18H,1H3,(H,17,19)/t2*8-,9+/m10/s1. The Bertz CT molecular complexity index is 1220. The molecule has 0 bridgehead atoms. The van der Waals surface area contributed by atoms with E-state index in [4.69, 9.17) is 0 Å². The predicted octanol–water partition coefficient (Wildman–Crippen LogP) is 4.20. The number of halogens is 8. The van der Waals surface area contributed by atoms with Crippen LogP contribution in [-0.4, -0.2) is 62.3 Å². The van der Waals surface area contributed by atoms with Crippen LogP contribution in [0.2, 0.25) is 0 Å². The summed E-state index contributed by atoms with van der Waals surface area (Å²) >= 11 is 6.42. The Morgan fingerprint density at radius 3 is 1.24 bits per heavy atom. The monoisotopic (exact) mass is 730 g/mol. The number of esters is 2. The van der Waals surface area contributed by atoms with Crippen molar-refractivity contribution in [1.29, 1.82) is 0 Å². The van der Waals surface area contributed by atoms with E-state index >= 15 is 0 Å². The first-order valence-corrected chi connectivity index (χ1v) is 13.2. The minimum atomic E-state index is -4.53. The van der Waals surface area contributed by atoms with Crippen LogP contribution in [-0.2, 0) is 19.1 Å². The second-order valence-corrected chi connectivity index (χ2v) is 10.3. The summed E-state index contributed by atoms with van der Waals surface area (Å²) in [5, 5.41) is 0. The van der Waals surface area contributed by atoms with E-state index < -0.39 is 48.5 Å². The summed E-state index contributed by atoms with van der Waals surface area (Å²) in [6.45, 7) is 0. The average molecular weight is 732 g/mol. The third-order valence-electron chi connectivity index (χ3n) is 5.75. The number of amidine groups is 2. The lowest BCUT2D eigenvalue weighted by Gasteiger charge is -2.32. The zero-order chi connectivity index (χ0) is 31.2. The quantitative estimate of drug-likeness (QED) is 0.273. The molecular formula is C24H22Br2F6N6O4. The van der Waals surface area contributed by atoms with Gasteiger partial charge >= 0.3 is 24.3 Å². The number of nitrogens with one attached hydrogen (secondary N) is 4. The maximum atomic E-state index is 13.1. The van der Waals surface area contributed by atoms with Crippen LogP contribution < -0.4 is 21.7 Å². The van der Waals surface area contributed by atoms with Crippen molar-refractivity contribution in [2.45, 2.75) is 36.5 Å². The molecule has 2 aromatic rings. The number of nitrogens with zero attached hydrogens (tertiary/aromatic N) is 2. The Kier molecular flexibility index (Phi) is 11.0. The van der Waals surface area contributed by atoms with Crippen LogP contribution in [0.1, 0.15) is 23.2 Å². The summed E-state index contributed by atoms with van der Waals surface area (Å²) in [6, 6.07) is 6.02. The number of carbonyl (C=O) groups is 2. The lowest BCUT2D eigenvalue weighted by molar-refractivity contribution is -0.164. The summed E-state index contributed by atoms with van der Waals surface area (Å²) in [5.74, 6) is -2.28. The zero-order valence-corrected chi connectivity index (χ0v) is 24.7. The second kappa shape index (κ2) is 13.8. The summed E-state index contributed by atoms with van der Waals surface area (Å²) < 4.78 is 88.8. The normalized spacial score (nSPS) is 22.2. The van der Waals surface area contributed by atoms with Gasteiger partial charge in [-0.2, -0.15) is 26.3 Å². The van der Waals surface area contributed by atoms with Gasteiger partial charge in [-0.05, 0) is 35.4 Å². The fourth-order valence-corrected chi connectivity index (χ4v) is 4.25. The predicted molar refractivity (Wildman–Crippen MR) is 145 cm³/mol. The molecule has 4 N–H and O–H groups in total. The number of hydrogen-bond donors (Lipinski definition) is 4. The maximum Gasteiger partial charge on any atom is 0.408 e. The highest BCUT2D eigenvalue weighted by molar-refractivity contribution is 9.10. The van der Waals surface area contributed by atoms with Crippen LogP contribution in [0.4, 0.5) is 26.3 Å². The summed E-state index contributed by atoms with van der Waals surface area (Å²) in [4.78, 5) is 30.5. The van der Waals surface area contributed by atoms with Crippen LogP contribution in [0, 0.1) is 0 Å². The molecule has 0 aromatic heterocycles. The molecule has 42 heavy (non-hydrogen) atoms. The molecule has 4 rings (SSSR count). The lowest BCUT2D eigenvalue weighted by Crippen LogP contribution is -2.59. The first-order chi connectivity index (χ1) is 19.6. The number of ether oxygens (including phenoxy) is 2. The average Bonchev–Trinajstić information content (AvgIpc) is 2.96. The van der Waals surface area contributed by atoms with Crippen molar-refractivity contribution >= 4 is 55.5 Å². The van der Waals surface area contributed by atoms with E-state index in [9.17, 15) is 35.9 Å². The van der Waals surface area contributed by atoms with E-state index in [2.05, 4.69) is 73.0 Å². The van der Waals surface area contributed by atoms with Crippen molar-refractivity contribution in [2.75, 3.05) is 14.2 Å². The molecule has 0 aliphatic carbocycles. The molecule has 0 saturated carbocycles. The van der Waals surface area contributed by atoms with Gasteiger partial charge in [-0.1, -0.05) is 56.1 Å². The van der Waals surface area contributed by atoms with Gasteiger partial charge in [0.1, 0.15) is 24.2 Å². The van der Waals surface area contributed by atoms with Crippen molar-refractivity contribution in [3.63, 3.8) is 0 Å². The molecule has 4 atom stereocenters. The minimum Gasteiger partial charge on any atom is -0.463 e. The highest BCUT2D eigenvalue weighted by Crippen LogP contribution is 2.35. The maximum absolute atomic E-state index is 13.1. The Balaban J connectivity index is 0.000000230. The fraction of sp³-hybridized carbons (Fsp3) is 0.333. The number of hydrazine groups is 2. The topological polar surface area (TPSA) is 125 Å². The van der Waals surface area contributed by atoms with Gasteiger partial charge in [-0.25, -0.2) is 20.4 Å². The molecule has 0 saturated heterocycles. The van der Waals surface area contributed by atoms with Gasteiger partial charge in [0.2, 0.25) is 11.7 Å². The van der Waals surface area contributed by atoms with E-state index in [0.717, 1.165) is 23.2 Å². The number of rotatable bonds is 4.